The summed E-state index contributed by atoms with van der Waals surface area (Å²) in [6, 6.07) is 19.9. The average Bonchev–Trinajstić information content (AvgIpc) is 3.49. The van der Waals surface area contributed by atoms with Gasteiger partial charge in [-0.15, -0.1) is 0 Å². The molecule has 0 aliphatic carbocycles. The summed E-state index contributed by atoms with van der Waals surface area (Å²) in [6.07, 6.45) is 3.58. The highest BCUT2D eigenvalue weighted by Crippen LogP contribution is 2.22. The van der Waals surface area contributed by atoms with Gasteiger partial charge in [-0.05, 0) is 84.2 Å². The van der Waals surface area contributed by atoms with Crippen molar-refractivity contribution in [2.75, 3.05) is 24.9 Å². The number of aromatic nitrogens is 6. The van der Waals surface area contributed by atoms with E-state index in [-0.39, 0.29) is 0 Å². The number of hydrogen-bond donors (Lipinski definition) is 2. The third-order valence-electron chi connectivity index (χ3n) is 6.80. The number of halogens is 1. The topological polar surface area (TPSA) is 103 Å². The van der Waals surface area contributed by atoms with E-state index in [1.165, 1.54) is 5.56 Å². The van der Waals surface area contributed by atoms with Crippen LogP contribution in [-0.4, -0.2) is 43.0 Å². The molecule has 2 aromatic carbocycles. The van der Waals surface area contributed by atoms with Crippen LogP contribution in [0.2, 0.25) is 0 Å². The van der Waals surface area contributed by atoms with Crippen LogP contribution in [0.5, 0.6) is 11.5 Å². The van der Waals surface area contributed by atoms with Crippen molar-refractivity contribution in [1.29, 1.82) is 0 Å². The molecule has 10 nitrogen and oxygen atoms in total. The molecule has 0 bridgehead atoms. The predicted octanol–water partition coefficient (Wildman–Crippen LogP) is 6.39. The number of anilines is 2. The minimum absolute atomic E-state index is 0.686. The number of benzene rings is 2. The highest BCUT2D eigenvalue weighted by atomic mass is 79.9. The van der Waals surface area contributed by atoms with Gasteiger partial charge in [0.05, 0.1) is 30.9 Å². The summed E-state index contributed by atoms with van der Waals surface area (Å²) < 4.78 is 15.2. The molecule has 4 heterocycles. The first-order valence-corrected chi connectivity index (χ1v) is 14.2. The van der Waals surface area contributed by atoms with Crippen LogP contribution < -0.4 is 20.1 Å². The molecule has 0 radical (unpaired) electrons. The van der Waals surface area contributed by atoms with Crippen LogP contribution in [0.1, 0.15) is 28.5 Å². The Morgan fingerprint density at radius 2 is 1.10 bits per heavy atom. The summed E-state index contributed by atoms with van der Waals surface area (Å²) in [6.45, 7) is 7.34. The van der Waals surface area contributed by atoms with E-state index in [2.05, 4.69) is 46.5 Å². The van der Waals surface area contributed by atoms with E-state index in [9.17, 15) is 0 Å². The van der Waals surface area contributed by atoms with Crippen LogP contribution in [0.15, 0.2) is 77.7 Å². The fourth-order valence-electron chi connectivity index (χ4n) is 4.65. The van der Waals surface area contributed by atoms with Gasteiger partial charge in [0.25, 0.3) is 0 Å². The highest BCUT2D eigenvalue weighted by molar-refractivity contribution is 9.10. The van der Waals surface area contributed by atoms with Gasteiger partial charge < -0.3 is 20.1 Å². The number of nitrogens with zero attached hydrogens (tertiary/aromatic N) is 6. The summed E-state index contributed by atoms with van der Waals surface area (Å²) in [5, 5.41) is 6.71. The minimum atomic E-state index is 0.686. The number of aryl methyl sites for hydroxylation is 3. The Bertz CT molecular complexity index is 1660. The Balaban J connectivity index is 0.000000168. The zero-order valence-electron chi connectivity index (χ0n) is 24.2. The maximum Gasteiger partial charge on any atom is 0.209 e. The molecule has 0 amide bonds. The third kappa shape index (κ3) is 6.31. The van der Waals surface area contributed by atoms with Crippen LogP contribution in [-0.2, 0) is 13.1 Å². The number of imidazole rings is 2. The van der Waals surface area contributed by atoms with E-state index >= 15 is 0 Å². The van der Waals surface area contributed by atoms with Gasteiger partial charge in [-0.3, -0.25) is 8.80 Å². The number of nitrogens with one attached hydrogen (secondary N) is 2. The molecule has 6 rings (SSSR count). The Morgan fingerprint density at radius 1 is 0.643 bits per heavy atom. The van der Waals surface area contributed by atoms with Gasteiger partial charge in [0.2, 0.25) is 11.9 Å². The second kappa shape index (κ2) is 12.9. The van der Waals surface area contributed by atoms with E-state index in [0.29, 0.717) is 13.1 Å². The largest absolute Gasteiger partial charge is 0.497 e. The smallest absolute Gasteiger partial charge is 0.209 e. The maximum atomic E-state index is 5.16. The maximum absolute atomic E-state index is 5.16. The van der Waals surface area contributed by atoms with Crippen LogP contribution >= 0.6 is 15.9 Å². The summed E-state index contributed by atoms with van der Waals surface area (Å²) >= 11 is 3.46. The van der Waals surface area contributed by atoms with Gasteiger partial charge in [0.15, 0.2) is 0 Å². The quantitative estimate of drug-likeness (QED) is 0.200. The van der Waals surface area contributed by atoms with Crippen molar-refractivity contribution in [2.24, 2.45) is 0 Å². The Hall–Kier alpha value is -4.64. The van der Waals surface area contributed by atoms with Crippen molar-refractivity contribution in [3.8, 4) is 11.5 Å². The van der Waals surface area contributed by atoms with Gasteiger partial charge in [0.1, 0.15) is 27.8 Å². The number of ether oxygens (including phenoxy) is 2. The zero-order valence-corrected chi connectivity index (χ0v) is 25.8. The van der Waals surface area contributed by atoms with E-state index in [0.717, 1.165) is 61.9 Å². The first-order chi connectivity index (χ1) is 20.4. The van der Waals surface area contributed by atoms with Gasteiger partial charge in [-0.1, -0.05) is 24.3 Å². The van der Waals surface area contributed by atoms with E-state index in [1.807, 2.05) is 90.2 Å². The van der Waals surface area contributed by atoms with Gasteiger partial charge in [0, 0.05) is 25.5 Å². The fraction of sp³-hybridized carbons (Fsp3) is 0.226. The standard InChI is InChI=1S/C16H18N4O.C15H15BrN4O/c1-11-15-8-9-17-16(20(15)12(2)19-11)18-10-13-4-6-14(21-3)7-5-13;1-10-19-14(16)13-7-8-17-15(20(10)13)18-9-11-3-5-12(21-2)6-4-11/h4-9H,10H2,1-3H3,(H,17,18);3-8H,9H2,1-2H3,(H,17,18). The lowest BCUT2D eigenvalue weighted by Crippen LogP contribution is -2.07. The van der Waals surface area contributed by atoms with Crippen LogP contribution in [0.25, 0.3) is 11.0 Å². The normalized spacial score (nSPS) is 10.8. The second-order valence-corrected chi connectivity index (χ2v) is 10.3. The number of fused-ring (bicyclic) bond motifs is 2. The SMILES string of the molecule is COc1ccc(CNc2nccc3c(Br)nc(C)n23)cc1.COc1ccc(CNc2nccc3c(C)nc(C)n23)cc1. The molecule has 4 aromatic heterocycles. The Morgan fingerprint density at radius 3 is 1.60 bits per heavy atom. The van der Waals surface area contributed by atoms with Crippen molar-refractivity contribution in [3.63, 3.8) is 0 Å². The van der Waals surface area contributed by atoms with Gasteiger partial charge in [-0.2, -0.15) is 0 Å². The molecule has 0 unspecified atom stereocenters. The molecule has 0 atom stereocenters. The molecule has 216 valence electrons. The number of hydrogen-bond acceptors (Lipinski definition) is 8. The molecule has 0 aliphatic rings. The molecule has 0 saturated carbocycles. The van der Waals surface area contributed by atoms with Gasteiger partial charge >= 0.3 is 0 Å². The zero-order chi connectivity index (χ0) is 29.6. The molecule has 2 N–H and O–H groups in total. The lowest BCUT2D eigenvalue weighted by molar-refractivity contribution is 0.414. The first-order valence-electron chi connectivity index (χ1n) is 13.4. The molecule has 42 heavy (non-hydrogen) atoms. The monoisotopic (exact) mass is 628 g/mol. The number of methoxy groups -OCH3 is 2. The molecule has 0 aliphatic heterocycles. The second-order valence-electron chi connectivity index (χ2n) is 9.58. The van der Waals surface area contributed by atoms with Gasteiger partial charge in [-0.25, -0.2) is 19.9 Å². The molecule has 0 spiro atoms. The third-order valence-corrected chi connectivity index (χ3v) is 7.39. The molecular weight excluding hydrogens is 596 g/mol. The van der Waals surface area contributed by atoms with Crippen LogP contribution in [0, 0.1) is 20.8 Å². The lowest BCUT2D eigenvalue weighted by Gasteiger charge is -2.09. The van der Waals surface area contributed by atoms with Crippen molar-refractivity contribution < 1.29 is 9.47 Å². The minimum Gasteiger partial charge on any atom is -0.497 e. The Kier molecular flexibility index (Phi) is 8.87. The highest BCUT2D eigenvalue weighted by Gasteiger charge is 2.10. The molecule has 0 saturated heterocycles. The van der Waals surface area contributed by atoms with Crippen molar-refractivity contribution in [3.05, 3.63) is 106 Å². The molecule has 11 heteroatoms. The van der Waals surface area contributed by atoms with E-state index in [1.54, 1.807) is 26.6 Å². The Labute approximate surface area is 252 Å². The van der Waals surface area contributed by atoms with E-state index in [4.69, 9.17) is 9.47 Å². The summed E-state index contributed by atoms with van der Waals surface area (Å²) in [5.41, 5.74) is 5.43. The summed E-state index contributed by atoms with van der Waals surface area (Å²) in [5.74, 6) is 5.13. The lowest BCUT2D eigenvalue weighted by atomic mass is 10.2. The van der Waals surface area contributed by atoms with Crippen LogP contribution in [0.3, 0.4) is 0 Å². The average molecular weight is 630 g/mol. The van der Waals surface area contributed by atoms with E-state index < -0.39 is 0 Å². The van der Waals surface area contributed by atoms with Crippen LogP contribution in [0.4, 0.5) is 11.9 Å². The first kappa shape index (κ1) is 28.9. The summed E-state index contributed by atoms with van der Waals surface area (Å²) in [4.78, 5) is 17.7. The predicted molar refractivity (Wildman–Crippen MR) is 169 cm³/mol. The molecule has 0 fully saturated rings. The van der Waals surface area contributed by atoms with Crippen molar-refractivity contribution >= 4 is 38.9 Å². The summed E-state index contributed by atoms with van der Waals surface area (Å²) in [7, 11) is 3.33. The van der Waals surface area contributed by atoms with Crippen molar-refractivity contribution in [2.45, 2.75) is 33.9 Å². The fourth-order valence-corrected chi connectivity index (χ4v) is 5.21. The van der Waals surface area contributed by atoms with Crippen molar-refractivity contribution in [1.82, 2.24) is 28.7 Å². The number of rotatable bonds is 8. The molecular formula is C31H33BrN8O2. The molecule has 6 aromatic rings.